The number of hydrogen-bond acceptors (Lipinski definition) is 5. The highest BCUT2D eigenvalue weighted by Gasteiger charge is 2.27. The van der Waals surface area contributed by atoms with Gasteiger partial charge in [-0.2, -0.15) is 5.10 Å². The third kappa shape index (κ3) is 3.77. The van der Waals surface area contributed by atoms with Crippen LogP contribution in [-0.2, 0) is 14.1 Å². The van der Waals surface area contributed by atoms with Crippen LogP contribution in [0, 0.1) is 6.92 Å². The van der Waals surface area contributed by atoms with Crippen LogP contribution in [0.2, 0.25) is 0 Å². The van der Waals surface area contributed by atoms with Crippen molar-refractivity contribution < 1.29 is 0 Å². The summed E-state index contributed by atoms with van der Waals surface area (Å²) in [4.78, 5) is 22.5. The van der Waals surface area contributed by atoms with Crippen LogP contribution >= 0.6 is 0 Å². The number of hydrogen-bond donors (Lipinski definition) is 0. The van der Waals surface area contributed by atoms with Crippen molar-refractivity contribution in [3.05, 3.63) is 64.3 Å². The zero-order chi connectivity index (χ0) is 25.0. The topological polar surface area (TPSA) is 59.2 Å². The fourth-order valence-corrected chi connectivity index (χ4v) is 6.02. The van der Waals surface area contributed by atoms with Crippen LogP contribution in [-0.4, -0.2) is 39.5 Å². The van der Waals surface area contributed by atoms with E-state index in [1.165, 1.54) is 43.4 Å². The lowest BCUT2D eigenvalue weighted by molar-refractivity contribution is 0.444. The Balaban J connectivity index is 1.54. The Morgan fingerprint density at radius 2 is 1.69 bits per heavy atom. The van der Waals surface area contributed by atoms with Gasteiger partial charge in [0.25, 0.3) is 5.56 Å². The fraction of sp³-hybridized carbons (Fsp3) is 0.414. The molecule has 4 aromatic rings. The number of fused-ring (bicyclic) bond motifs is 2. The molecule has 2 aliphatic rings. The van der Waals surface area contributed by atoms with Gasteiger partial charge >= 0.3 is 0 Å². The van der Waals surface area contributed by atoms with Crippen molar-refractivity contribution in [3.63, 3.8) is 0 Å². The molecule has 0 saturated heterocycles. The summed E-state index contributed by atoms with van der Waals surface area (Å²) in [5.41, 5.74) is 8.61. The van der Waals surface area contributed by atoms with Gasteiger partial charge in [-0.25, -0.2) is 0 Å². The highest BCUT2D eigenvalue weighted by molar-refractivity contribution is 5.97. The van der Waals surface area contributed by atoms with Crippen LogP contribution in [0.4, 0.5) is 17.1 Å². The molecule has 1 fully saturated rings. The molecule has 0 amide bonds. The van der Waals surface area contributed by atoms with Crippen molar-refractivity contribution in [2.24, 2.45) is 14.1 Å². The second-order valence-corrected chi connectivity index (χ2v) is 10.5. The van der Waals surface area contributed by atoms with Crippen molar-refractivity contribution in [1.29, 1.82) is 0 Å². The number of benzene rings is 1. The predicted octanol–water partition coefficient (Wildman–Crippen LogP) is 5.28. The molecule has 0 unspecified atom stereocenters. The summed E-state index contributed by atoms with van der Waals surface area (Å²) in [7, 11) is 5.98. The predicted molar refractivity (Wildman–Crippen MR) is 146 cm³/mol. The highest BCUT2D eigenvalue weighted by atomic mass is 16.1. The van der Waals surface area contributed by atoms with Crippen molar-refractivity contribution in [1.82, 2.24) is 19.3 Å². The van der Waals surface area contributed by atoms with Gasteiger partial charge in [0.15, 0.2) is 0 Å². The Morgan fingerprint density at radius 3 is 2.44 bits per heavy atom. The Labute approximate surface area is 212 Å². The number of aromatic nitrogens is 4. The molecule has 0 N–H and O–H groups in total. The Morgan fingerprint density at radius 1 is 0.889 bits per heavy atom. The van der Waals surface area contributed by atoms with Crippen molar-refractivity contribution in [2.75, 3.05) is 29.9 Å². The smallest absolute Gasteiger partial charge is 0.253 e. The number of rotatable bonds is 3. The van der Waals surface area contributed by atoms with Gasteiger partial charge in [-0.15, -0.1) is 0 Å². The number of nitrogens with zero attached hydrogens (tertiary/aromatic N) is 6. The summed E-state index contributed by atoms with van der Waals surface area (Å²) in [6, 6.07) is 8.92. The minimum atomic E-state index is 0.0794. The van der Waals surface area contributed by atoms with Gasteiger partial charge in [-0.05, 0) is 55.5 Å². The average molecular weight is 483 g/mol. The van der Waals surface area contributed by atoms with Crippen molar-refractivity contribution >= 4 is 28.0 Å². The summed E-state index contributed by atoms with van der Waals surface area (Å²) >= 11 is 0. The second kappa shape index (κ2) is 8.80. The summed E-state index contributed by atoms with van der Waals surface area (Å²) < 4.78 is 3.64. The van der Waals surface area contributed by atoms with E-state index in [1.54, 1.807) is 0 Å². The quantitative estimate of drug-likeness (QED) is 0.398. The molecular weight excluding hydrogens is 448 g/mol. The van der Waals surface area contributed by atoms with Crippen LogP contribution in [0.3, 0.4) is 0 Å². The van der Waals surface area contributed by atoms with Gasteiger partial charge in [0.1, 0.15) is 0 Å². The molecule has 36 heavy (non-hydrogen) atoms. The maximum atomic E-state index is 12.9. The minimum absolute atomic E-state index is 0.0794. The van der Waals surface area contributed by atoms with E-state index in [2.05, 4.69) is 46.2 Å². The zero-order valence-corrected chi connectivity index (χ0v) is 21.7. The lowest BCUT2D eigenvalue weighted by Gasteiger charge is -2.38. The highest BCUT2D eigenvalue weighted by Crippen LogP contribution is 2.43. The Bertz CT molecular complexity index is 1510. The van der Waals surface area contributed by atoms with Gasteiger partial charge < -0.3 is 14.4 Å². The molecule has 6 rings (SSSR count). The van der Waals surface area contributed by atoms with Gasteiger partial charge in [0.05, 0.1) is 40.7 Å². The Hall–Kier alpha value is -3.61. The molecule has 1 aliphatic heterocycles. The molecule has 7 nitrogen and oxygen atoms in total. The van der Waals surface area contributed by atoms with E-state index < -0.39 is 0 Å². The number of anilines is 3. The third-order valence-electron chi connectivity index (χ3n) is 8.11. The molecule has 0 radical (unpaired) electrons. The van der Waals surface area contributed by atoms with Crippen molar-refractivity contribution in [2.45, 2.75) is 44.9 Å². The summed E-state index contributed by atoms with van der Waals surface area (Å²) in [6.07, 6.45) is 12.2. The molecule has 0 atom stereocenters. The third-order valence-corrected chi connectivity index (χ3v) is 8.11. The van der Waals surface area contributed by atoms with Gasteiger partial charge in [-0.3, -0.25) is 14.5 Å². The van der Waals surface area contributed by atoms with Crippen molar-refractivity contribution in [3.8, 4) is 11.3 Å². The summed E-state index contributed by atoms with van der Waals surface area (Å²) in [5.74, 6) is 0.552. The van der Waals surface area contributed by atoms with E-state index in [-0.39, 0.29) is 5.56 Å². The van der Waals surface area contributed by atoms with Crippen LogP contribution < -0.4 is 15.4 Å². The molecule has 1 aromatic carbocycles. The molecule has 186 valence electrons. The normalized spacial score (nSPS) is 16.6. The molecule has 4 heterocycles. The zero-order valence-electron chi connectivity index (χ0n) is 21.7. The molecule has 7 heteroatoms. The molecule has 1 saturated carbocycles. The molecule has 3 aromatic heterocycles. The van der Waals surface area contributed by atoms with Gasteiger partial charge in [0.2, 0.25) is 0 Å². The molecule has 1 aliphatic carbocycles. The van der Waals surface area contributed by atoms with E-state index in [1.807, 2.05) is 48.9 Å². The molecule has 0 spiro atoms. The van der Waals surface area contributed by atoms with Crippen LogP contribution in [0.1, 0.15) is 49.1 Å². The minimum Gasteiger partial charge on any atom is -0.371 e. The second-order valence-electron chi connectivity index (χ2n) is 10.5. The largest absolute Gasteiger partial charge is 0.371 e. The summed E-state index contributed by atoms with van der Waals surface area (Å²) in [6.45, 7) is 3.69. The monoisotopic (exact) mass is 482 g/mol. The fourth-order valence-electron chi connectivity index (χ4n) is 6.02. The first-order valence-electron chi connectivity index (χ1n) is 13.0. The Kier molecular flexibility index (Phi) is 5.58. The first-order chi connectivity index (χ1) is 17.4. The first-order valence-corrected chi connectivity index (χ1v) is 13.0. The number of likely N-dealkylation sites (N-methyl/N-ethyl adjacent to an activating group) is 1. The van der Waals surface area contributed by atoms with Crippen LogP contribution in [0.15, 0.2) is 47.7 Å². The maximum Gasteiger partial charge on any atom is 0.253 e. The number of aryl methyl sites for hydroxylation is 3. The SMILES string of the molecule is Cc1cc2c(N3CCN(C)c4cc(-c5cnn(C)c5)ncc43)cc(C3CCCCC3)cc2n(C)c1=O. The average Bonchev–Trinajstić information content (AvgIpc) is 3.34. The van der Waals surface area contributed by atoms with Gasteiger partial charge in [0, 0.05) is 56.9 Å². The van der Waals surface area contributed by atoms with Crippen LogP contribution in [0.25, 0.3) is 22.2 Å². The van der Waals surface area contributed by atoms with E-state index in [0.717, 1.165) is 52.2 Å². The maximum absolute atomic E-state index is 12.9. The number of pyridine rings is 2. The first kappa shape index (κ1) is 22.8. The summed E-state index contributed by atoms with van der Waals surface area (Å²) in [5, 5.41) is 5.45. The van der Waals surface area contributed by atoms with E-state index in [4.69, 9.17) is 4.98 Å². The van der Waals surface area contributed by atoms with Crippen LogP contribution in [0.5, 0.6) is 0 Å². The van der Waals surface area contributed by atoms with Gasteiger partial charge in [-0.1, -0.05) is 19.3 Å². The standard InChI is InChI=1S/C29H34N6O/c1-19-12-23-25(34(4)29(19)36)13-21(20-8-6-5-7-9-20)14-26(23)35-11-10-32(2)27-15-24(30-17-28(27)35)22-16-31-33(3)18-22/h12-18,20H,5-11H2,1-4H3. The molecule has 0 bridgehead atoms. The lowest BCUT2D eigenvalue weighted by Crippen LogP contribution is -2.37. The van der Waals surface area contributed by atoms with E-state index >= 15 is 0 Å². The lowest BCUT2D eigenvalue weighted by atomic mass is 9.83. The molecular formula is C29H34N6O. The van der Waals surface area contributed by atoms with E-state index in [9.17, 15) is 4.79 Å². The van der Waals surface area contributed by atoms with E-state index in [0.29, 0.717) is 5.92 Å².